The quantitative estimate of drug-likeness (QED) is 0.600. The Morgan fingerprint density at radius 2 is 1.70 bits per heavy atom. The average Bonchev–Trinajstić information content (AvgIpc) is 2.60. The summed E-state index contributed by atoms with van der Waals surface area (Å²) in [7, 11) is 0. The predicted molar refractivity (Wildman–Crippen MR) is 121 cm³/mol. The van der Waals surface area contributed by atoms with Gasteiger partial charge in [-0.15, -0.1) is 0 Å². The molecule has 6 nitrogen and oxygen atoms in total. The maximum atomic E-state index is 12.8. The molecule has 0 radical (unpaired) electrons. The van der Waals surface area contributed by atoms with Gasteiger partial charge in [-0.2, -0.15) is 0 Å². The molecule has 2 aromatic rings. The summed E-state index contributed by atoms with van der Waals surface area (Å²) < 4.78 is 6.46. The van der Waals surface area contributed by atoms with Crippen LogP contribution in [0, 0.1) is 0 Å². The first-order valence-electron chi connectivity index (χ1n) is 9.92. The zero-order chi connectivity index (χ0) is 22.1. The summed E-state index contributed by atoms with van der Waals surface area (Å²) in [5.74, 6) is 0.162. The van der Waals surface area contributed by atoms with E-state index in [1.165, 1.54) is 0 Å². The number of carbonyl (C=O) groups is 2. The Balaban J connectivity index is 1.74. The van der Waals surface area contributed by atoms with Gasteiger partial charge in [0.1, 0.15) is 11.5 Å². The van der Waals surface area contributed by atoms with Crippen LogP contribution in [0.15, 0.2) is 46.9 Å². The van der Waals surface area contributed by atoms with Crippen LogP contribution >= 0.6 is 15.9 Å². The molecule has 0 aromatic heterocycles. The third kappa shape index (κ3) is 5.40. The van der Waals surface area contributed by atoms with E-state index in [1.54, 1.807) is 42.5 Å². The highest BCUT2D eigenvalue weighted by atomic mass is 79.9. The van der Waals surface area contributed by atoms with Gasteiger partial charge in [0.15, 0.2) is 0 Å². The highest BCUT2D eigenvalue weighted by molar-refractivity contribution is 9.10. The van der Waals surface area contributed by atoms with Gasteiger partial charge in [-0.25, -0.2) is 0 Å². The van der Waals surface area contributed by atoms with Gasteiger partial charge in [-0.1, -0.05) is 12.1 Å². The Labute approximate surface area is 185 Å². The van der Waals surface area contributed by atoms with Gasteiger partial charge in [0.2, 0.25) is 0 Å². The number of ether oxygens (including phenoxy) is 1. The van der Waals surface area contributed by atoms with Crippen LogP contribution < -0.4 is 21.1 Å². The molecular formula is C23H28BrN3O3. The molecular weight excluding hydrogens is 446 g/mol. The minimum Gasteiger partial charge on any atom is -0.455 e. The number of nitrogens with one attached hydrogen (secondary N) is 2. The van der Waals surface area contributed by atoms with Gasteiger partial charge in [0.05, 0.1) is 10.0 Å². The van der Waals surface area contributed by atoms with Crippen molar-refractivity contribution in [3.8, 4) is 11.5 Å². The van der Waals surface area contributed by atoms with Crippen LogP contribution in [0.25, 0.3) is 0 Å². The lowest BCUT2D eigenvalue weighted by molar-refractivity contribution is 0.0872. The largest absolute Gasteiger partial charge is 0.455 e. The van der Waals surface area contributed by atoms with E-state index in [0.717, 1.165) is 12.8 Å². The molecule has 1 aliphatic rings. The van der Waals surface area contributed by atoms with Gasteiger partial charge in [0, 0.05) is 22.7 Å². The first-order valence-corrected chi connectivity index (χ1v) is 10.7. The second-order valence-corrected chi connectivity index (χ2v) is 9.93. The lowest BCUT2D eigenvalue weighted by atomic mass is 9.79. The third-order valence-electron chi connectivity index (χ3n) is 5.09. The molecule has 2 aromatic carbocycles. The number of amides is 2. The molecule has 2 amide bonds. The van der Waals surface area contributed by atoms with Crippen molar-refractivity contribution in [2.24, 2.45) is 5.73 Å². The Hall–Kier alpha value is -2.38. The lowest BCUT2D eigenvalue weighted by Crippen LogP contribution is -2.62. The summed E-state index contributed by atoms with van der Waals surface area (Å²) in [5.41, 5.74) is 6.14. The molecule has 7 heteroatoms. The van der Waals surface area contributed by atoms with E-state index >= 15 is 0 Å². The van der Waals surface area contributed by atoms with E-state index < -0.39 is 5.91 Å². The second kappa shape index (κ2) is 8.40. The molecule has 3 rings (SSSR count). The van der Waals surface area contributed by atoms with Crippen molar-refractivity contribution in [1.82, 2.24) is 10.6 Å². The molecule has 0 unspecified atom stereocenters. The SMILES string of the molecule is CC1(C)CC(NC(=O)c2ccc(Oc3ccccc3C(N)=O)c(Br)c2)CC(C)(C)N1. The number of nitrogens with two attached hydrogens (primary N) is 1. The fourth-order valence-corrected chi connectivity index (χ4v) is 4.76. The second-order valence-electron chi connectivity index (χ2n) is 9.08. The van der Waals surface area contributed by atoms with Crippen molar-refractivity contribution >= 4 is 27.7 Å². The number of hydrogen-bond donors (Lipinski definition) is 3. The molecule has 0 atom stereocenters. The van der Waals surface area contributed by atoms with Gasteiger partial charge in [-0.05, 0) is 86.8 Å². The predicted octanol–water partition coefficient (Wildman–Crippen LogP) is 4.38. The van der Waals surface area contributed by atoms with E-state index in [0.29, 0.717) is 27.1 Å². The number of piperidine rings is 1. The van der Waals surface area contributed by atoms with Gasteiger partial charge >= 0.3 is 0 Å². The monoisotopic (exact) mass is 473 g/mol. The molecule has 4 N–H and O–H groups in total. The number of benzene rings is 2. The molecule has 1 saturated heterocycles. The van der Waals surface area contributed by atoms with Crippen molar-refractivity contribution < 1.29 is 14.3 Å². The summed E-state index contributed by atoms with van der Waals surface area (Å²) in [6, 6.07) is 12.0. The average molecular weight is 474 g/mol. The van der Waals surface area contributed by atoms with E-state index in [-0.39, 0.29) is 23.0 Å². The molecule has 1 heterocycles. The van der Waals surface area contributed by atoms with Crippen molar-refractivity contribution in [3.05, 3.63) is 58.1 Å². The van der Waals surface area contributed by atoms with Crippen LogP contribution in [0.4, 0.5) is 0 Å². The van der Waals surface area contributed by atoms with Crippen LogP contribution in [0.3, 0.4) is 0 Å². The fourth-order valence-electron chi connectivity index (χ4n) is 4.30. The highest BCUT2D eigenvalue weighted by Gasteiger charge is 2.38. The van der Waals surface area contributed by atoms with E-state index in [2.05, 4.69) is 54.3 Å². The molecule has 160 valence electrons. The lowest BCUT2D eigenvalue weighted by Gasteiger charge is -2.46. The van der Waals surface area contributed by atoms with Crippen molar-refractivity contribution in [3.63, 3.8) is 0 Å². The van der Waals surface area contributed by atoms with Crippen LogP contribution in [0.2, 0.25) is 0 Å². The number of carbonyl (C=O) groups excluding carboxylic acids is 2. The standard InChI is InChI=1S/C23H28BrN3O3/c1-22(2)12-15(13-23(3,4)27-22)26-21(29)14-9-10-19(17(24)11-14)30-18-8-6-5-7-16(18)20(25)28/h5-11,15,27H,12-13H2,1-4H3,(H2,25,28)(H,26,29). The van der Waals surface area contributed by atoms with Gasteiger partial charge < -0.3 is 21.1 Å². The maximum Gasteiger partial charge on any atom is 0.252 e. The first-order chi connectivity index (χ1) is 14.0. The van der Waals surface area contributed by atoms with Crippen LogP contribution in [-0.2, 0) is 0 Å². The number of rotatable bonds is 5. The molecule has 1 fully saturated rings. The smallest absolute Gasteiger partial charge is 0.252 e. The van der Waals surface area contributed by atoms with E-state index in [9.17, 15) is 9.59 Å². The minimum atomic E-state index is -0.564. The first kappa shape index (κ1) is 22.3. The number of hydrogen-bond acceptors (Lipinski definition) is 4. The molecule has 0 spiro atoms. The summed E-state index contributed by atoms with van der Waals surface area (Å²) >= 11 is 3.46. The van der Waals surface area contributed by atoms with Crippen LogP contribution in [0.1, 0.15) is 61.3 Å². The third-order valence-corrected chi connectivity index (χ3v) is 5.71. The Morgan fingerprint density at radius 1 is 1.07 bits per heavy atom. The highest BCUT2D eigenvalue weighted by Crippen LogP contribution is 2.33. The Kier molecular flexibility index (Phi) is 6.24. The van der Waals surface area contributed by atoms with E-state index in [1.807, 2.05) is 0 Å². The normalized spacial score (nSPS) is 17.9. The fraction of sp³-hybridized carbons (Fsp3) is 0.391. The van der Waals surface area contributed by atoms with Crippen molar-refractivity contribution in [2.75, 3.05) is 0 Å². The van der Waals surface area contributed by atoms with Crippen molar-refractivity contribution in [1.29, 1.82) is 0 Å². The van der Waals surface area contributed by atoms with Crippen LogP contribution in [-0.4, -0.2) is 28.9 Å². The minimum absolute atomic E-state index is 0.0498. The number of para-hydroxylation sites is 1. The number of halogens is 1. The van der Waals surface area contributed by atoms with Gasteiger partial charge in [-0.3, -0.25) is 9.59 Å². The van der Waals surface area contributed by atoms with E-state index in [4.69, 9.17) is 10.5 Å². The summed E-state index contributed by atoms with van der Waals surface area (Å²) in [5, 5.41) is 6.78. The summed E-state index contributed by atoms with van der Waals surface area (Å²) in [4.78, 5) is 24.4. The Morgan fingerprint density at radius 3 is 2.30 bits per heavy atom. The zero-order valence-electron chi connectivity index (χ0n) is 17.7. The molecule has 0 aliphatic carbocycles. The molecule has 30 heavy (non-hydrogen) atoms. The van der Waals surface area contributed by atoms with Gasteiger partial charge in [0.25, 0.3) is 11.8 Å². The topological polar surface area (TPSA) is 93.4 Å². The summed E-state index contributed by atoms with van der Waals surface area (Å²) in [6.45, 7) is 8.61. The molecule has 0 saturated carbocycles. The Bertz CT molecular complexity index is 956. The van der Waals surface area contributed by atoms with Crippen LogP contribution in [0.5, 0.6) is 11.5 Å². The van der Waals surface area contributed by atoms with Crippen molar-refractivity contribution in [2.45, 2.75) is 57.7 Å². The summed E-state index contributed by atoms with van der Waals surface area (Å²) in [6.07, 6.45) is 1.71. The number of primary amides is 1. The zero-order valence-corrected chi connectivity index (χ0v) is 19.3. The maximum absolute atomic E-state index is 12.8. The molecule has 0 bridgehead atoms. The molecule has 1 aliphatic heterocycles.